The lowest BCUT2D eigenvalue weighted by atomic mass is 9.78. The van der Waals surface area contributed by atoms with Gasteiger partial charge in [-0.1, -0.05) is 52.5 Å². The van der Waals surface area contributed by atoms with E-state index in [0.29, 0.717) is 17.9 Å². The van der Waals surface area contributed by atoms with Gasteiger partial charge in [-0.25, -0.2) is 9.97 Å². The minimum absolute atomic E-state index is 0.404. The second kappa shape index (κ2) is 10.9. The maximum Gasteiger partial charge on any atom is 0.220 e. The fourth-order valence-corrected chi connectivity index (χ4v) is 3.78. The van der Waals surface area contributed by atoms with Crippen molar-refractivity contribution < 1.29 is 0 Å². The summed E-state index contributed by atoms with van der Waals surface area (Å²) < 4.78 is 3.65. The molecule has 2 rings (SSSR count). The van der Waals surface area contributed by atoms with Gasteiger partial charge in [-0.15, -0.1) is 0 Å². The number of nitrogens with one attached hydrogen (secondary N) is 1. The predicted octanol–water partition coefficient (Wildman–Crippen LogP) is 4.85. The third-order valence-electron chi connectivity index (χ3n) is 4.18. The van der Waals surface area contributed by atoms with E-state index in [1.165, 1.54) is 25.7 Å². The average Bonchev–Trinajstić information content (AvgIpc) is 2.49. The second-order valence-corrected chi connectivity index (χ2v) is 7.20. The molecule has 1 aliphatic carbocycles. The molecule has 0 aromatic carbocycles. The van der Waals surface area contributed by atoms with Crippen LogP contribution in [0.1, 0.15) is 83.5 Å². The van der Waals surface area contributed by atoms with Gasteiger partial charge in [-0.3, -0.25) is 4.72 Å². The van der Waals surface area contributed by atoms with Gasteiger partial charge in [0.25, 0.3) is 0 Å². The van der Waals surface area contributed by atoms with Crippen LogP contribution in [0.25, 0.3) is 0 Å². The Hall–Kier alpha value is -0.810. The van der Waals surface area contributed by atoms with E-state index < -0.39 is 0 Å². The third-order valence-corrected chi connectivity index (χ3v) is 5.56. The average molecular weight is 339 g/mol. The Morgan fingerprint density at radius 3 is 2.57 bits per heavy atom. The molecule has 1 unspecified atom stereocenters. The van der Waals surface area contributed by atoms with E-state index in [9.17, 15) is 0 Å². The largest absolute Gasteiger partial charge is 0.368 e. The zero-order chi connectivity index (χ0) is 17.2. The quantitative estimate of drug-likeness (QED) is 0.664. The number of aromatic nitrogens is 2. The highest BCUT2D eigenvalue weighted by Crippen LogP contribution is 2.37. The lowest BCUT2D eigenvalue weighted by Gasteiger charge is -2.36. The molecule has 1 aromatic heterocycles. The van der Waals surface area contributed by atoms with Gasteiger partial charge < -0.3 is 5.73 Å². The number of nitrogens with zero attached hydrogens (tertiary/aromatic N) is 2. The molecule has 23 heavy (non-hydrogen) atoms. The highest BCUT2D eigenvalue weighted by molar-refractivity contribution is 7.98. The maximum atomic E-state index is 5.73. The lowest BCUT2D eigenvalue weighted by molar-refractivity contribution is 0.327. The van der Waals surface area contributed by atoms with E-state index in [4.69, 9.17) is 5.73 Å². The van der Waals surface area contributed by atoms with Crippen LogP contribution >= 0.6 is 11.9 Å². The van der Waals surface area contributed by atoms with Crippen LogP contribution in [0.5, 0.6) is 0 Å². The SMILES string of the molecule is CC.CCCCC(CC)SNC1CC(c2cc(C)nc(N)n2)C1. The van der Waals surface area contributed by atoms with Crippen LogP contribution in [0, 0.1) is 6.92 Å². The Morgan fingerprint density at radius 2 is 2.00 bits per heavy atom. The molecule has 0 spiro atoms. The van der Waals surface area contributed by atoms with Crippen LogP contribution in [0.2, 0.25) is 0 Å². The van der Waals surface area contributed by atoms with Crippen molar-refractivity contribution in [3.05, 3.63) is 17.5 Å². The Bertz CT molecular complexity index is 426. The minimum Gasteiger partial charge on any atom is -0.368 e. The third kappa shape index (κ3) is 6.68. The summed E-state index contributed by atoms with van der Waals surface area (Å²) in [5.74, 6) is 0.948. The molecular weight excluding hydrogens is 304 g/mol. The zero-order valence-corrected chi connectivity index (χ0v) is 16.2. The zero-order valence-electron chi connectivity index (χ0n) is 15.4. The van der Waals surface area contributed by atoms with Gasteiger partial charge in [0.2, 0.25) is 5.95 Å². The number of hydrogen-bond acceptors (Lipinski definition) is 5. The Kier molecular flexibility index (Phi) is 9.56. The maximum absolute atomic E-state index is 5.73. The van der Waals surface area contributed by atoms with Gasteiger partial charge in [-0.2, -0.15) is 0 Å². The number of nitrogens with two attached hydrogens (primary N) is 1. The van der Waals surface area contributed by atoms with Crippen LogP contribution < -0.4 is 10.5 Å². The molecule has 0 saturated heterocycles. The molecule has 5 heteroatoms. The predicted molar refractivity (Wildman–Crippen MR) is 103 cm³/mol. The van der Waals surface area contributed by atoms with E-state index in [0.717, 1.165) is 29.5 Å². The molecule has 0 amide bonds. The van der Waals surface area contributed by atoms with Crippen molar-refractivity contribution in [3.8, 4) is 0 Å². The van der Waals surface area contributed by atoms with Crippen molar-refractivity contribution in [1.29, 1.82) is 0 Å². The standard InChI is InChI=1S/C16H28N4S.C2H6/c1-4-6-7-14(5-2)21-20-13-9-12(10-13)15-8-11(3)18-16(17)19-15;1-2/h8,12-14,20H,4-7,9-10H2,1-3H3,(H2,17,18,19);1-2H3. The van der Waals surface area contributed by atoms with Gasteiger partial charge >= 0.3 is 0 Å². The molecular formula is C18H34N4S. The van der Waals surface area contributed by atoms with Crippen molar-refractivity contribution in [1.82, 2.24) is 14.7 Å². The monoisotopic (exact) mass is 338 g/mol. The molecule has 132 valence electrons. The number of unbranched alkanes of at least 4 members (excludes halogenated alkanes) is 1. The number of nitrogen functional groups attached to an aromatic ring is 1. The lowest BCUT2D eigenvalue weighted by Crippen LogP contribution is -2.38. The summed E-state index contributed by atoms with van der Waals surface area (Å²) in [6, 6.07) is 2.69. The molecule has 0 bridgehead atoms. The summed E-state index contributed by atoms with van der Waals surface area (Å²) in [5, 5.41) is 0.751. The first-order valence-electron chi connectivity index (χ1n) is 9.14. The van der Waals surface area contributed by atoms with Crippen molar-refractivity contribution in [3.63, 3.8) is 0 Å². The molecule has 1 aromatic rings. The number of rotatable bonds is 8. The molecule has 4 nitrogen and oxygen atoms in total. The number of hydrogen-bond donors (Lipinski definition) is 2. The van der Waals surface area contributed by atoms with Crippen LogP contribution in [0.4, 0.5) is 5.95 Å². The first kappa shape index (κ1) is 20.2. The van der Waals surface area contributed by atoms with Gasteiger partial charge in [0.15, 0.2) is 0 Å². The fourth-order valence-electron chi connectivity index (χ4n) is 2.75. The number of anilines is 1. The summed E-state index contributed by atoms with van der Waals surface area (Å²) in [6.07, 6.45) is 7.51. The Balaban J connectivity index is 0.00000127. The highest BCUT2D eigenvalue weighted by atomic mass is 32.2. The van der Waals surface area contributed by atoms with Gasteiger partial charge in [0, 0.05) is 28.6 Å². The fraction of sp³-hybridized carbons (Fsp3) is 0.778. The molecule has 1 aliphatic rings. The Morgan fingerprint density at radius 1 is 1.30 bits per heavy atom. The van der Waals surface area contributed by atoms with E-state index in [2.05, 4.69) is 34.6 Å². The smallest absolute Gasteiger partial charge is 0.220 e. The van der Waals surface area contributed by atoms with E-state index >= 15 is 0 Å². The normalized spacial score (nSPS) is 21.1. The summed E-state index contributed by atoms with van der Waals surface area (Å²) in [4.78, 5) is 8.51. The summed E-state index contributed by atoms with van der Waals surface area (Å²) in [7, 11) is 0. The van der Waals surface area contributed by atoms with Crippen molar-refractivity contribution in [2.24, 2.45) is 0 Å². The van der Waals surface area contributed by atoms with E-state index in [1.54, 1.807) is 0 Å². The summed E-state index contributed by atoms with van der Waals surface area (Å²) in [5.41, 5.74) is 7.81. The molecule has 1 atom stereocenters. The first-order valence-corrected chi connectivity index (χ1v) is 10.0. The van der Waals surface area contributed by atoms with Crippen molar-refractivity contribution >= 4 is 17.9 Å². The Labute approximate surface area is 146 Å². The summed E-state index contributed by atoms with van der Waals surface area (Å²) in [6.45, 7) is 10.5. The second-order valence-electron chi connectivity index (χ2n) is 6.07. The van der Waals surface area contributed by atoms with Crippen molar-refractivity contribution in [2.75, 3.05) is 5.73 Å². The minimum atomic E-state index is 0.404. The van der Waals surface area contributed by atoms with Crippen LogP contribution in [0.15, 0.2) is 6.07 Å². The van der Waals surface area contributed by atoms with Gasteiger partial charge in [-0.05, 0) is 38.7 Å². The summed E-state index contributed by atoms with van der Waals surface area (Å²) >= 11 is 1.94. The van der Waals surface area contributed by atoms with Gasteiger partial charge in [0.1, 0.15) is 0 Å². The topological polar surface area (TPSA) is 63.8 Å². The van der Waals surface area contributed by atoms with Crippen LogP contribution in [-0.4, -0.2) is 21.3 Å². The first-order chi connectivity index (χ1) is 11.1. The van der Waals surface area contributed by atoms with Gasteiger partial charge in [0.05, 0.1) is 0 Å². The van der Waals surface area contributed by atoms with Crippen LogP contribution in [0.3, 0.4) is 0 Å². The van der Waals surface area contributed by atoms with E-state index in [1.807, 2.05) is 32.7 Å². The molecule has 0 aliphatic heterocycles. The molecule has 1 heterocycles. The highest BCUT2D eigenvalue weighted by Gasteiger charge is 2.32. The molecule has 0 radical (unpaired) electrons. The number of aryl methyl sites for hydroxylation is 1. The van der Waals surface area contributed by atoms with E-state index in [-0.39, 0.29) is 0 Å². The molecule has 1 saturated carbocycles. The van der Waals surface area contributed by atoms with Crippen LogP contribution in [-0.2, 0) is 0 Å². The molecule has 3 N–H and O–H groups in total. The molecule has 1 fully saturated rings. The van der Waals surface area contributed by atoms with Crippen molar-refractivity contribution in [2.45, 2.75) is 90.4 Å².